The second-order valence-electron chi connectivity index (χ2n) is 2.31. The van der Waals surface area contributed by atoms with Crippen molar-refractivity contribution in [2.75, 3.05) is 0 Å². The molecule has 1 N–H and O–H groups in total. The average molecular weight is 186 g/mol. The van der Waals surface area contributed by atoms with Crippen molar-refractivity contribution in [2.45, 2.75) is 13.3 Å². The monoisotopic (exact) mass is 185 g/mol. The Bertz CT molecular complexity index is 312. The van der Waals surface area contributed by atoms with Gasteiger partial charge in [0.1, 0.15) is 0 Å². The first-order chi connectivity index (χ1) is 5.65. The molecule has 0 aliphatic heterocycles. The normalized spacial score (nSPS) is 9.83. The second-order valence-corrected chi connectivity index (χ2v) is 2.74. The number of aromatic nitrogens is 1. The fraction of sp³-hybridized carbons (Fsp3) is 0.250. The van der Waals surface area contributed by atoms with E-state index in [0.717, 1.165) is 0 Å². The van der Waals surface area contributed by atoms with Gasteiger partial charge in [0, 0.05) is 6.20 Å². The topological polar surface area (TPSA) is 50.2 Å². The van der Waals surface area contributed by atoms with Crippen LogP contribution in [-0.2, 0) is 6.42 Å². The van der Waals surface area contributed by atoms with Gasteiger partial charge in [-0.15, -0.1) is 0 Å². The molecule has 12 heavy (non-hydrogen) atoms. The van der Waals surface area contributed by atoms with Gasteiger partial charge >= 0.3 is 5.97 Å². The van der Waals surface area contributed by atoms with Gasteiger partial charge in [-0.05, 0) is 12.5 Å². The molecule has 1 aromatic rings. The summed E-state index contributed by atoms with van der Waals surface area (Å²) >= 11 is 5.59. The molecule has 0 fully saturated rings. The number of aryl methyl sites for hydroxylation is 1. The number of hydrogen-bond donors (Lipinski definition) is 1. The van der Waals surface area contributed by atoms with Crippen molar-refractivity contribution in [3.63, 3.8) is 0 Å². The van der Waals surface area contributed by atoms with E-state index in [9.17, 15) is 4.79 Å². The van der Waals surface area contributed by atoms with Gasteiger partial charge in [0.2, 0.25) is 0 Å². The van der Waals surface area contributed by atoms with Crippen molar-refractivity contribution in [2.24, 2.45) is 0 Å². The van der Waals surface area contributed by atoms with E-state index in [1.807, 2.05) is 6.92 Å². The maximum atomic E-state index is 10.6. The van der Waals surface area contributed by atoms with Gasteiger partial charge < -0.3 is 5.11 Å². The van der Waals surface area contributed by atoms with Crippen LogP contribution in [0.15, 0.2) is 12.3 Å². The number of carboxylic acid groups (broad SMARTS) is 1. The van der Waals surface area contributed by atoms with Crippen LogP contribution in [0.25, 0.3) is 0 Å². The second kappa shape index (κ2) is 3.54. The first-order valence-corrected chi connectivity index (χ1v) is 3.90. The molecule has 0 aliphatic rings. The molecule has 0 atom stereocenters. The van der Waals surface area contributed by atoms with Gasteiger partial charge in [0.15, 0.2) is 0 Å². The molecule has 0 saturated carbocycles. The summed E-state index contributed by atoms with van der Waals surface area (Å²) in [4.78, 5) is 14.5. The Morgan fingerprint density at radius 2 is 2.42 bits per heavy atom. The number of carboxylic acids is 1. The predicted molar refractivity (Wildman–Crippen MR) is 45.6 cm³/mol. The zero-order valence-corrected chi connectivity index (χ0v) is 7.30. The van der Waals surface area contributed by atoms with Crippen molar-refractivity contribution < 1.29 is 9.90 Å². The third-order valence-corrected chi connectivity index (χ3v) is 1.71. The molecule has 0 saturated heterocycles. The minimum Gasteiger partial charge on any atom is -0.478 e. The lowest BCUT2D eigenvalue weighted by Crippen LogP contribution is -2.03. The minimum atomic E-state index is -0.984. The van der Waals surface area contributed by atoms with E-state index in [1.165, 1.54) is 12.3 Å². The molecule has 0 aliphatic carbocycles. The summed E-state index contributed by atoms with van der Waals surface area (Å²) < 4.78 is 0. The molecule has 1 rings (SSSR count). The lowest BCUT2D eigenvalue weighted by atomic mass is 10.1. The van der Waals surface area contributed by atoms with Crippen LogP contribution in [0.1, 0.15) is 23.0 Å². The Kier molecular flexibility index (Phi) is 2.65. The summed E-state index contributed by atoms with van der Waals surface area (Å²) in [7, 11) is 0. The number of aromatic carboxylic acids is 1. The summed E-state index contributed by atoms with van der Waals surface area (Å²) in [6.07, 6.45) is 2.05. The van der Waals surface area contributed by atoms with Crippen molar-refractivity contribution in [3.05, 3.63) is 28.5 Å². The van der Waals surface area contributed by atoms with Gasteiger partial charge in [-0.3, -0.25) is 4.98 Å². The van der Waals surface area contributed by atoms with Crippen LogP contribution >= 0.6 is 11.6 Å². The molecule has 3 nitrogen and oxygen atoms in total. The number of rotatable bonds is 2. The Morgan fingerprint density at radius 1 is 1.75 bits per heavy atom. The molecule has 0 radical (unpaired) electrons. The first-order valence-electron chi connectivity index (χ1n) is 3.53. The van der Waals surface area contributed by atoms with Crippen LogP contribution in [-0.4, -0.2) is 16.1 Å². The van der Waals surface area contributed by atoms with Crippen LogP contribution in [0, 0.1) is 0 Å². The Labute approximate surface area is 75.0 Å². The van der Waals surface area contributed by atoms with E-state index in [2.05, 4.69) is 4.98 Å². The van der Waals surface area contributed by atoms with Crippen molar-refractivity contribution in [3.8, 4) is 0 Å². The standard InChI is InChI=1S/C8H8ClNO2/c1-2-7-6(8(11)12)3-5(9)4-10-7/h3-4H,2H2,1H3,(H,11,12). The number of nitrogens with zero attached hydrogens (tertiary/aromatic N) is 1. The van der Waals surface area contributed by atoms with E-state index in [1.54, 1.807) is 0 Å². The quantitative estimate of drug-likeness (QED) is 0.767. The van der Waals surface area contributed by atoms with Crippen LogP contribution in [0.2, 0.25) is 5.02 Å². The summed E-state index contributed by atoms with van der Waals surface area (Å²) in [6.45, 7) is 1.85. The van der Waals surface area contributed by atoms with Gasteiger partial charge in [-0.2, -0.15) is 0 Å². The highest BCUT2D eigenvalue weighted by molar-refractivity contribution is 6.30. The highest BCUT2D eigenvalue weighted by atomic mass is 35.5. The molecule has 0 amide bonds. The summed E-state index contributed by atoms with van der Waals surface area (Å²) in [6, 6.07) is 1.41. The third-order valence-electron chi connectivity index (χ3n) is 1.50. The van der Waals surface area contributed by atoms with Crippen molar-refractivity contribution in [1.29, 1.82) is 0 Å². The molecule has 0 spiro atoms. The summed E-state index contributed by atoms with van der Waals surface area (Å²) in [5.74, 6) is -0.984. The highest BCUT2D eigenvalue weighted by Crippen LogP contribution is 2.13. The molecule has 1 heterocycles. The summed E-state index contributed by atoms with van der Waals surface area (Å²) in [5, 5.41) is 9.07. The molecular weight excluding hydrogens is 178 g/mol. The van der Waals surface area contributed by atoms with E-state index in [-0.39, 0.29) is 5.56 Å². The van der Waals surface area contributed by atoms with Crippen molar-refractivity contribution in [1.82, 2.24) is 4.98 Å². The molecule has 0 aromatic carbocycles. The molecule has 0 bridgehead atoms. The van der Waals surface area contributed by atoms with E-state index < -0.39 is 5.97 Å². The zero-order chi connectivity index (χ0) is 9.14. The van der Waals surface area contributed by atoms with Crippen LogP contribution < -0.4 is 0 Å². The SMILES string of the molecule is CCc1ncc(Cl)cc1C(=O)O. The Balaban J connectivity index is 3.21. The lowest BCUT2D eigenvalue weighted by molar-refractivity contribution is 0.0695. The van der Waals surface area contributed by atoms with Gasteiger partial charge in [-0.25, -0.2) is 4.79 Å². The molecule has 0 unspecified atom stereocenters. The fourth-order valence-corrected chi connectivity index (χ4v) is 1.09. The average Bonchev–Trinajstić information content (AvgIpc) is 2.04. The van der Waals surface area contributed by atoms with Crippen LogP contribution in [0.5, 0.6) is 0 Å². The number of halogens is 1. The van der Waals surface area contributed by atoms with Gasteiger partial charge in [0.25, 0.3) is 0 Å². The minimum absolute atomic E-state index is 0.185. The zero-order valence-electron chi connectivity index (χ0n) is 6.54. The van der Waals surface area contributed by atoms with Crippen molar-refractivity contribution >= 4 is 17.6 Å². The van der Waals surface area contributed by atoms with E-state index in [0.29, 0.717) is 17.1 Å². The molecule has 64 valence electrons. The smallest absolute Gasteiger partial charge is 0.337 e. The highest BCUT2D eigenvalue weighted by Gasteiger charge is 2.09. The predicted octanol–water partition coefficient (Wildman–Crippen LogP) is 2.00. The summed E-state index contributed by atoms with van der Waals surface area (Å²) in [5.41, 5.74) is 0.747. The Morgan fingerprint density at radius 3 is 2.92 bits per heavy atom. The number of hydrogen-bond acceptors (Lipinski definition) is 2. The largest absolute Gasteiger partial charge is 0.478 e. The van der Waals surface area contributed by atoms with Crippen LogP contribution in [0.4, 0.5) is 0 Å². The van der Waals surface area contributed by atoms with Gasteiger partial charge in [0.05, 0.1) is 16.3 Å². The van der Waals surface area contributed by atoms with E-state index >= 15 is 0 Å². The maximum absolute atomic E-state index is 10.6. The molecule has 1 aromatic heterocycles. The van der Waals surface area contributed by atoms with E-state index in [4.69, 9.17) is 16.7 Å². The lowest BCUT2D eigenvalue weighted by Gasteiger charge is -2.01. The van der Waals surface area contributed by atoms with Gasteiger partial charge in [-0.1, -0.05) is 18.5 Å². The molecule has 4 heteroatoms. The fourth-order valence-electron chi connectivity index (χ4n) is 0.934. The Hall–Kier alpha value is -1.09. The number of pyridine rings is 1. The third kappa shape index (κ3) is 1.74. The maximum Gasteiger partial charge on any atom is 0.337 e. The van der Waals surface area contributed by atoms with Crippen LogP contribution in [0.3, 0.4) is 0 Å². The molecular formula is C8H8ClNO2. The first kappa shape index (κ1) is 9.00. The number of carbonyl (C=O) groups is 1.